The second-order valence-electron chi connectivity index (χ2n) is 4.31. The molecule has 0 aliphatic carbocycles. The van der Waals surface area contributed by atoms with Gasteiger partial charge in [0.2, 0.25) is 0 Å². The van der Waals surface area contributed by atoms with Crippen LogP contribution < -0.4 is 5.32 Å². The molecule has 1 fully saturated rings. The molecule has 0 aromatic carbocycles. The van der Waals surface area contributed by atoms with Crippen LogP contribution in [-0.4, -0.2) is 36.6 Å². The van der Waals surface area contributed by atoms with Crippen LogP contribution in [0.5, 0.6) is 0 Å². The van der Waals surface area contributed by atoms with Gasteiger partial charge in [0.1, 0.15) is 0 Å². The Labute approximate surface area is 82.7 Å². The van der Waals surface area contributed by atoms with Crippen molar-refractivity contribution in [2.75, 3.05) is 19.6 Å². The number of rotatable bonds is 2. The molecule has 1 aliphatic rings. The lowest BCUT2D eigenvalue weighted by atomic mass is 10.1. The third-order valence-corrected chi connectivity index (χ3v) is 3.09. The van der Waals surface area contributed by atoms with Crippen LogP contribution in [0.4, 0.5) is 0 Å². The zero-order chi connectivity index (χ0) is 9.68. The lowest BCUT2D eigenvalue weighted by Gasteiger charge is -2.33. The first-order valence-electron chi connectivity index (χ1n) is 5.71. The van der Waals surface area contributed by atoms with Crippen molar-refractivity contribution < 1.29 is 0 Å². The topological polar surface area (TPSA) is 15.3 Å². The first kappa shape index (κ1) is 11.0. The van der Waals surface area contributed by atoms with E-state index in [4.69, 9.17) is 0 Å². The van der Waals surface area contributed by atoms with Gasteiger partial charge in [-0.1, -0.05) is 6.92 Å². The highest BCUT2D eigenvalue weighted by Crippen LogP contribution is 2.08. The zero-order valence-corrected chi connectivity index (χ0v) is 9.34. The molecular weight excluding hydrogens is 160 g/mol. The number of hydrogen-bond donors (Lipinski definition) is 1. The van der Waals surface area contributed by atoms with Crippen molar-refractivity contribution in [2.45, 2.75) is 52.1 Å². The van der Waals surface area contributed by atoms with Gasteiger partial charge >= 0.3 is 0 Å². The molecule has 0 amide bonds. The first-order chi connectivity index (χ1) is 6.24. The molecule has 0 spiro atoms. The summed E-state index contributed by atoms with van der Waals surface area (Å²) in [4.78, 5) is 2.62. The Hall–Kier alpha value is -0.0800. The molecule has 0 aromatic heterocycles. The molecule has 1 aliphatic heterocycles. The largest absolute Gasteiger partial charge is 0.313 e. The normalized spacial score (nSPS) is 29.3. The summed E-state index contributed by atoms with van der Waals surface area (Å²) in [6, 6.07) is 1.41. The molecule has 1 N–H and O–H groups in total. The second-order valence-corrected chi connectivity index (χ2v) is 4.31. The maximum atomic E-state index is 3.55. The second kappa shape index (κ2) is 5.61. The summed E-state index contributed by atoms with van der Waals surface area (Å²) in [6.07, 6.45) is 3.95. The van der Waals surface area contributed by atoms with E-state index in [2.05, 4.69) is 31.0 Å². The van der Waals surface area contributed by atoms with Crippen molar-refractivity contribution >= 4 is 0 Å². The maximum Gasteiger partial charge on any atom is 0.0166 e. The van der Waals surface area contributed by atoms with Crippen molar-refractivity contribution in [3.05, 3.63) is 0 Å². The molecular formula is C11H24N2. The summed E-state index contributed by atoms with van der Waals surface area (Å²) in [6.45, 7) is 10.6. The zero-order valence-electron chi connectivity index (χ0n) is 9.34. The van der Waals surface area contributed by atoms with Gasteiger partial charge in [-0.05, 0) is 46.2 Å². The summed E-state index contributed by atoms with van der Waals surface area (Å²) in [5.41, 5.74) is 0. The van der Waals surface area contributed by atoms with E-state index in [0.29, 0.717) is 6.04 Å². The summed E-state index contributed by atoms with van der Waals surface area (Å²) in [7, 11) is 0. The third kappa shape index (κ3) is 3.65. The summed E-state index contributed by atoms with van der Waals surface area (Å²) < 4.78 is 0. The van der Waals surface area contributed by atoms with Crippen LogP contribution in [0.25, 0.3) is 0 Å². The van der Waals surface area contributed by atoms with Crippen LogP contribution in [0.3, 0.4) is 0 Å². The van der Waals surface area contributed by atoms with Crippen LogP contribution >= 0.6 is 0 Å². The quantitative estimate of drug-likeness (QED) is 0.704. The highest BCUT2D eigenvalue weighted by atomic mass is 15.2. The average molecular weight is 184 g/mol. The van der Waals surface area contributed by atoms with Crippen LogP contribution in [-0.2, 0) is 0 Å². The maximum absolute atomic E-state index is 3.55. The molecule has 2 nitrogen and oxygen atoms in total. The molecule has 1 saturated heterocycles. The monoisotopic (exact) mass is 184 g/mol. The number of nitrogens with zero attached hydrogens (tertiary/aromatic N) is 1. The summed E-state index contributed by atoms with van der Waals surface area (Å²) >= 11 is 0. The molecule has 78 valence electrons. The van der Waals surface area contributed by atoms with Crippen LogP contribution in [0.2, 0.25) is 0 Å². The summed E-state index contributed by atoms with van der Waals surface area (Å²) in [5.74, 6) is 0. The first-order valence-corrected chi connectivity index (χ1v) is 5.71. The molecule has 1 heterocycles. The SMILES string of the molecule is CCC(C)N1CCCCNC(C)C1. The highest BCUT2D eigenvalue weighted by molar-refractivity contribution is 4.74. The number of hydrogen-bond acceptors (Lipinski definition) is 2. The predicted molar refractivity (Wildman–Crippen MR) is 58.0 cm³/mol. The van der Waals surface area contributed by atoms with E-state index in [9.17, 15) is 0 Å². The van der Waals surface area contributed by atoms with E-state index in [1.54, 1.807) is 0 Å². The van der Waals surface area contributed by atoms with Gasteiger partial charge in [-0.25, -0.2) is 0 Å². The molecule has 1 rings (SSSR count). The van der Waals surface area contributed by atoms with Crippen molar-refractivity contribution in [3.8, 4) is 0 Å². The van der Waals surface area contributed by atoms with E-state index in [-0.39, 0.29) is 0 Å². The molecule has 2 atom stereocenters. The minimum atomic E-state index is 0.661. The van der Waals surface area contributed by atoms with Gasteiger partial charge in [0, 0.05) is 18.6 Å². The molecule has 0 aromatic rings. The van der Waals surface area contributed by atoms with Gasteiger partial charge in [0.15, 0.2) is 0 Å². The van der Waals surface area contributed by atoms with Gasteiger partial charge in [-0.3, -0.25) is 4.90 Å². The minimum Gasteiger partial charge on any atom is -0.313 e. The van der Waals surface area contributed by atoms with Crippen LogP contribution in [0.1, 0.15) is 40.0 Å². The standard InChI is InChI=1S/C11H24N2/c1-4-11(3)13-8-6-5-7-12-10(2)9-13/h10-12H,4-9H2,1-3H3. The van der Waals surface area contributed by atoms with E-state index in [0.717, 1.165) is 6.04 Å². The van der Waals surface area contributed by atoms with Crippen molar-refractivity contribution in [1.82, 2.24) is 10.2 Å². The molecule has 13 heavy (non-hydrogen) atoms. The van der Waals surface area contributed by atoms with E-state index >= 15 is 0 Å². The van der Waals surface area contributed by atoms with E-state index in [1.165, 1.54) is 38.9 Å². The lowest BCUT2D eigenvalue weighted by Crippen LogP contribution is -2.45. The Morgan fingerprint density at radius 2 is 2.23 bits per heavy atom. The molecule has 0 radical (unpaired) electrons. The van der Waals surface area contributed by atoms with E-state index < -0.39 is 0 Å². The van der Waals surface area contributed by atoms with Gasteiger partial charge in [0.25, 0.3) is 0 Å². The Bertz CT molecular complexity index is 136. The Morgan fingerprint density at radius 1 is 1.46 bits per heavy atom. The van der Waals surface area contributed by atoms with E-state index in [1.807, 2.05) is 0 Å². The van der Waals surface area contributed by atoms with Crippen LogP contribution in [0.15, 0.2) is 0 Å². The van der Waals surface area contributed by atoms with Crippen LogP contribution in [0, 0.1) is 0 Å². The van der Waals surface area contributed by atoms with Crippen molar-refractivity contribution in [1.29, 1.82) is 0 Å². The fourth-order valence-corrected chi connectivity index (χ4v) is 1.95. The molecule has 0 saturated carbocycles. The smallest absolute Gasteiger partial charge is 0.0166 e. The third-order valence-electron chi connectivity index (χ3n) is 3.09. The van der Waals surface area contributed by atoms with Crippen molar-refractivity contribution in [3.63, 3.8) is 0 Å². The highest BCUT2D eigenvalue weighted by Gasteiger charge is 2.16. The fourth-order valence-electron chi connectivity index (χ4n) is 1.95. The van der Waals surface area contributed by atoms with Gasteiger partial charge in [-0.2, -0.15) is 0 Å². The minimum absolute atomic E-state index is 0.661. The molecule has 2 heteroatoms. The summed E-state index contributed by atoms with van der Waals surface area (Å²) in [5, 5.41) is 3.55. The Morgan fingerprint density at radius 3 is 2.92 bits per heavy atom. The van der Waals surface area contributed by atoms with Crippen molar-refractivity contribution in [2.24, 2.45) is 0 Å². The van der Waals surface area contributed by atoms with Gasteiger partial charge in [-0.15, -0.1) is 0 Å². The fraction of sp³-hybridized carbons (Fsp3) is 1.00. The molecule has 0 bridgehead atoms. The number of nitrogens with one attached hydrogen (secondary N) is 1. The predicted octanol–water partition coefficient (Wildman–Crippen LogP) is 1.86. The lowest BCUT2D eigenvalue weighted by molar-refractivity contribution is 0.172. The average Bonchev–Trinajstić information content (AvgIpc) is 2.10. The van der Waals surface area contributed by atoms with Gasteiger partial charge < -0.3 is 5.32 Å². The molecule has 2 unspecified atom stereocenters. The Kier molecular flexibility index (Phi) is 4.74. The Balaban J connectivity index is 2.40. The van der Waals surface area contributed by atoms with Gasteiger partial charge in [0.05, 0.1) is 0 Å².